The van der Waals surface area contributed by atoms with Crippen LogP contribution in [0.5, 0.6) is 5.75 Å². The molecule has 0 saturated carbocycles. The van der Waals surface area contributed by atoms with Crippen LogP contribution in [0.1, 0.15) is 50.7 Å². The van der Waals surface area contributed by atoms with Crippen molar-refractivity contribution in [3.8, 4) is 5.75 Å². The molecule has 2 aromatic carbocycles. The average molecular weight is 443 g/mol. The lowest BCUT2D eigenvalue weighted by molar-refractivity contribution is -0.121. The molecule has 0 spiro atoms. The maximum atomic E-state index is 13.9. The topological polar surface area (TPSA) is 122 Å². The van der Waals surface area contributed by atoms with Crippen LogP contribution < -0.4 is 5.32 Å². The van der Waals surface area contributed by atoms with E-state index >= 15 is 0 Å². The summed E-state index contributed by atoms with van der Waals surface area (Å²) in [5.74, 6) is -0.719. The number of carbonyl (C=O) groups excluding carboxylic acids is 1. The summed E-state index contributed by atoms with van der Waals surface area (Å²) in [6.07, 6.45) is 2.74. The SMILES string of the molecule is CCCC1(CCC)C(=O)C(C2=NS(O)(O)c3cc(O)ccc3N2)=C(O)c2ccccc21. The molecule has 4 rings (SSSR count). The lowest BCUT2D eigenvalue weighted by Crippen LogP contribution is -2.44. The van der Waals surface area contributed by atoms with E-state index in [-0.39, 0.29) is 33.6 Å². The van der Waals surface area contributed by atoms with Crippen LogP contribution in [-0.2, 0) is 10.2 Å². The van der Waals surface area contributed by atoms with E-state index in [4.69, 9.17) is 0 Å². The normalized spacial score (nSPS) is 19.7. The highest BCUT2D eigenvalue weighted by Gasteiger charge is 2.48. The Kier molecular flexibility index (Phi) is 5.33. The fourth-order valence-electron chi connectivity index (χ4n) is 4.68. The van der Waals surface area contributed by atoms with Crippen molar-refractivity contribution < 1.29 is 24.1 Å². The molecule has 0 amide bonds. The highest BCUT2D eigenvalue weighted by atomic mass is 32.3. The maximum Gasteiger partial charge on any atom is 0.180 e. The Morgan fingerprint density at radius 3 is 2.39 bits per heavy atom. The predicted octanol–water partition coefficient (Wildman–Crippen LogP) is 5.63. The first-order valence-electron chi connectivity index (χ1n) is 10.3. The first kappa shape index (κ1) is 21.4. The number of ketones is 1. The smallest absolute Gasteiger partial charge is 0.180 e. The molecule has 0 fully saturated rings. The summed E-state index contributed by atoms with van der Waals surface area (Å²) in [5, 5.41) is 23.8. The Morgan fingerprint density at radius 2 is 1.71 bits per heavy atom. The first-order valence-corrected chi connectivity index (χ1v) is 11.8. The zero-order valence-corrected chi connectivity index (χ0v) is 18.2. The van der Waals surface area contributed by atoms with Crippen LogP contribution in [0.3, 0.4) is 0 Å². The second-order valence-corrected chi connectivity index (χ2v) is 9.60. The second-order valence-electron chi connectivity index (χ2n) is 7.94. The third-order valence-electron chi connectivity index (χ3n) is 5.92. The van der Waals surface area contributed by atoms with Crippen LogP contribution in [0, 0.1) is 0 Å². The molecule has 164 valence electrons. The van der Waals surface area contributed by atoms with Gasteiger partial charge in [-0.3, -0.25) is 13.9 Å². The van der Waals surface area contributed by atoms with Gasteiger partial charge in [-0.05, 0) is 30.5 Å². The summed E-state index contributed by atoms with van der Waals surface area (Å²) >= 11 is 0. The number of anilines is 1. The van der Waals surface area contributed by atoms with Gasteiger partial charge in [-0.1, -0.05) is 61.7 Å². The van der Waals surface area contributed by atoms with E-state index in [9.17, 15) is 24.1 Å². The number of aromatic hydroxyl groups is 1. The first-order chi connectivity index (χ1) is 14.7. The minimum atomic E-state index is -3.68. The summed E-state index contributed by atoms with van der Waals surface area (Å²) < 4.78 is 25.3. The van der Waals surface area contributed by atoms with E-state index in [2.05, 4.69) is 9.71 Å². The number of hydrogen-bond donors (Lipinski definition) is 5. The van der Waals surface area contributed by atoms with Crippen molar-refractivity contribution in [1.29, 1.82) is 0 Å². The van der Waals surface area contributed by atoms with Gasteiger partial charge in [-0.2, -0.15) is 0 Å². The van der Waals surface area contributed by atoms with Gasteiger partial charge in [-0.25, -0.2) is 0 Å². The number of fused-ring (bicyclic) bond motifs is 2. The van der Waals surface area contributed by atoms with Crippen LogP contribution in [0.2, 0.25) is 0 Å². The largest absolute Gasteiger partial charge is 0.508 e. The number of carbonyl (C=O) groups is 1. The van der Waals surface area contributed by atoms with E-state index in [1.807, 2.05) is 26.0 Å². The third kappa shape index (κ3) is 3.31. The van der Waals surface area contributed by atoms with Crippen molar-refractivity contribution in [2.45, 2.75) is 49.8 Å². The molecule has 0 aromatic heterocycles. The zero-order valence-electron chi connectivity index (χ0n) is 17.4. The third-order valence-corrected chi connectivity index (χ3v) is 7.28. The molecule has 2 aromatic rings. The standard InChI is InChI=1S/C23H26N2O5S/c1-3-11-23(12-4-2)16-8-6-5-7-15(16)20(27)19(21(23)28)22-24-17-10-9-14(26)13-18(17)31(29,30)25-22/h5-10,13,26-27,29-30H,3-4,11-12H2,1-2H3,(H,24,25). The van der Waals surface area contributed by atoms with Crippen molar-refractivity contribution in [3.63, 3.8) is 0 Å². The molecule has 1 aliphatic carbocycles. The Labute approximate surface area is 182 Å². The van der Waals surface area contributed by atoms with Gasteiger partial charge in [0.2, 0.25) is 0 Å². The van der Waals surface area contributed by atoms with Crippen LogP contribution in [-0.4, -0.2) is 30.9 Å². The number of rotatable bonds is 5. The number of amidine groups is 1. The van der Waals surface area contributed by atoms with Gasteiger partial charge in [0.25, 0.3) is 0 Å². The molecule has 0 radical (unpaired) electrons. The summed E-state index contributed by atoms with van der Waals surface area (Å²) in [4.78, 5) is 14.0. The molecule has 1 heterocycles. The summed E-state index contributed by atoms with van der Waals surface area (Å²) in [6.45, 7) is 4.03. The maximum absolute atomic E-state index is 13.9. The predicted molar refractivity (Wildman–Crippen MR) is 123 cm³/mol. The van der Waals surface area contributed by atoms with E-state index in [1.165, 1.54) is 18.2 Å². The number of nitrogens with zero attached hydrogens (tertiary/aromatic N) is 1. The van der Waals surface area contributed by atoms with Gasteiger partial charge in [0.05, 0.1) is 11.1 Å². The molecular weight excluding hydrogens is 416 g/mol. The molecule has 0 saturated heterocycles. The molecule has 7 nitrogen and oxygen atoms in total. The van der Waals surface area contributed by atoms with Crippen LogP contribution >= 0.6 is 10.8 Å². The molecule has 31 heavy (non-hydrogen) atoms. The number of hydrogen-bond acceptors (Lipinski definition) is 7. The quantitative estimate of drug-likeness (QED) is 0.383. The highest BCUT2D eigenvalue weighted by molar-refractivity contribution is 8.23. The Morgan fingerprint density at radius 1 is 1.03 bits per heavy atom. The summed E-state index contributed by atoms with van der Waals surface area (Å²) in [5.41, 5.74) is 0.782. The van der Waals surface area contributed by atoms with Crippen molar-refractivity contribution in [1.82, 2.24) is 0 Å². The molecule has 0 bridgehead atoms. The van der Waals surface area contributed by atoms with Gasteiger partial charge in [0.1, 0.15) is 22.0 Å². The average Bonchev–Trinajstić information content (AvgIpc) is 2.73. The fraction of sp³-hybridized carbons (Fsp3) is 0.304. The van der Waals surface area contributed by atoms with E-state index in [1.54, 1.807) is 12.1 Å². The van der Waals surface area contributed by atoms with E-state index in [0.717, 1.165) is 18.4 Å². The Balaban J connectivity index is 1.94. The van der Waals surface area contributed by atoms with Crippen molar-refractivity contribution in [2.75, 3.05) is 5.32 Å². The second kappa shape index (κ2) is 7.71. The van der Waals surface area contributed by atoms with Gasteiger partial charge in [0, 0.05) is 11.6 Å². The Hall–Kier alpha value is -2.81. The number of Topliss-reactive ketones (excluding diaryl/α,β-unsaturated/α-hetero) is 1. The number of benzene rings is 2. The Bertz CT molecular complexity index is 1120. The molecule has 1 aliphatic heterocycles. The van der Waals surface area contributed by atoms with Crippen molar-refractivity contribution >= 4 is 33.8 Å². The lowest BCUT2D eigenvalue weighted by atomic mass is 9.63. The number of phenols is 1. The number of aliphatic hydroxyl groups is 1. The fourth-order valence-corrected chi connectivity index (χ4v) is 5.86. The van der Waals surface area contributed by atoms with Crippen LogP contribution in [0.15, 0.2) is 57.3 Å². The van der Waals surface area contributed by atoms with E-state index in [0.29, 0.717) is 24.1 Å². The number of aliphatic hydroxyl groups excluding tert-OH is 1. The van der Waals surface area contributed by atoms with Gasteiger partial charge >= 0.3 is 0 Å². The van der Waals surface area contributed by atoms with Crippen LogP contribution in [0.25, 0.3) is 5.76 Å². The summed E-state index contributed by atoms with van der Waals surface area (Å²) in [7, 11) is -3.68. The minimum absolute atomic E-state index is 0.0355. The van der Waals surface area contributed by atoms with Crippen molar-refractivity contribution in [2.24, 2.45) is 4.40 Å². The molecular formula is C23H26N2O5S. The zero-order chi connectivity index (χ0) is 22.4. The van der Waals surface area contributed by atoms with Crippen LogP contribution in [0.4, 0.5) is 5.69 Å². The molecule has 5 N–H and O–H groups in total. The van der Waals surface area contributed by atoms with Gasteiger partial charge in [0.15, 0.2) is 11.6 Å². The summed E-state index contributed by atoms with van der Waals surface area (Å²) in [6, 6.07) is 11.4. The minimum Gasteiger partial charge on any atom is -0.508 e. The van der Waals surface area contributed by atoms with E-state index < -0.39 is 16.2 Å². The van der Waals surface area contributed by atoms with Gasteiger partial charge in [-0.15, -0.1) is 4.40 Å². The monoisotopic (exact) mass is 442 g/mol. The van der Waals surface area contributed by atoms with Crippen molar-refractivity contribution in [3.05, 3.63) is 59.2 Å². The number of phenolic OH excluding ortho intramolecular Hbond substituents is 1. The molecule has 0 unspecified atom stereocenters. The molecule has 2 aliphatic rings. The highest BCUT2D eigenvalue weighted by Crippen LogP contribution is 2.57. The molecule has 8 heteroatoms. The lowest BCUT2D eigenvalue weighted by Gasteiger charge is -2.40. The molecule has 0 atom stereocenters. The van der Waals surface area contributed by atoms with Gasteiger partial charge < -0.3 is 15.5 Å². The number of nitrogens with one attached hydrogen (secondary N) is 1.